The van der Waals surface area contributed by atoms with Crippen LogP contribution in [0, 0.1) is 5.41 Å². The number of carbonyl (C=O) groups is 7. The number of imide groups is 2. The van der Waals surface area contributed by atoms with Gasteiger partial charge in [0.1, 0.15) is 25.0 Å². The number of fused-ring (bicyclic) bond motifs is 2. The summed E-state index contributed by atoms with van der Waals surface area (Å²) >= 11 is 0. The number of nitrogens with one attached hydrogen (secondary N) is 4. The summed E-state index contributed by atoms with van der Waals surface area (Å²) in [5, 5.41) is 24.5. The molecular weight excluding hydrogens is 809 g/mol. The molecule has 324 valence electrons. The fourth-order valence-corrected chi connectivity index (χ4v) is 8.22. The summed E-state index contributed by atoms with van der Waals surface area (Å²) in [4.78, 5) is 89.1. The molecule has 0 bridgehead atoms. The van der Waals surface area contributed by atoms with Crippen molar-refractivity contribution in [2.45, 2.75) is 95.8 Å². The Morgan fingerprint density at radius 3 is 2.41 bits per heavy atom. The molecule has 18 nitrogen and oxygen atoms in total. The maximum Gasteiger partial charge on any atom is 0.435 e. The second-order valence-electron chi connectivity index (χ2n) is 16.1. The molecule has 3 heterocycles. The molecule has 2 aliphatic carbocycles. The van der Waals surface area contributed by atoms with Crippen LogP contribution < -0.4 is 27.0 Å². The molecule has 2 atom stereocenters. The van der Waals surface area contributed by atoms with Crippen LogP contribution >= 0.6 is 0 Å². The van der Waals surface area contributed by atoms with Gasteiger partial charge in [0, 0.05) is 30.1 Å². The molecule has 61 heavy (non-hydrogen) atoms. The molecule has 7 rings (SSSR count). The predicted molar refractivity (Wildman–Crippen MR) is 206 cm³/mol. The van der Waals surface area contributed by atoms with Crippen molar-refractivity contribution in [1.29, 1.82) is 0 Å². The summed E-state index contributed by atoms with van der Waals surface area (Å²) in [6.45, 7) is 3.18. The number of amides is 6. The predicted octanol–water partition coefficient (Wildman–Crippen LogP) is 4.10. The summed E-state index contributed by atoms with van der Waals surface area (Å²) < 4.78 is 54.0. The van der Waals surface area contributed by atoms with E-state index in [9.17, 15) is 51.8 Å². The van der Waals surface area contributed by atoms with E-state index in [1.165, 1.54) is 36.4 Å². The first-order valence-electron chi connectivity index (χ1n) is 19.6. The zero-order chi connectivity index (χ0) is 44.0. The summed E-state index contributed by atoms with van der Waals surface area (Å²) in [5.74, 6) is -3.47. The molecular formula is C40H43F3N8O10. The number of anilines is 2. The van der Waals surface area contributed by atoms with Gasteiger partial charge in [0.25, 0.3) is 11.8 Å². The number of aliphatic hydroxyl groups excluding tert-OH is 1. The number of nitrogens with zero attached hydrogens (tertiary/aromatic N) is 3. The van der Waals surface area contributed by atoms with E-state index < -0.39 is 82.8 Å². The number of halogens is 3. The average molecular weight is 853 g/mol. The fraction of sp³-hybridized carbons (Fsp3) is 0.450. The molecule has 0 spiro atoms. The number of hydrogen-bond acceptors (Lipinski definition) is 13. The van der Waals surface area contributed by atoms with Gasteiger partial charge < -0.3 is 30.9 Å². The highest BCUT2D eigenvalue weighted by molar-refractivity contribution is 6.26. The molecule has 21 heteroatoms. The monoisotopic (exact) mass is 852 g/mol. The Kier molecular flexibility index (Phi) is 11.6. The van der Waals surface area contributed by atoms with Gasteiger partial charge in [-0.3, -0.25) is 39.5 Å². The summed E-state index contributed by atoms with van der Waals surface area (Å²) in [5.41, 5.74) is 4.42. The number of ether oxygens (including phenoxy) is 2. The van der Waals surface area contributed by atoms with Gasteiger partial charge in [0.2, 0.25) is 11.8 Å². The van der Waals surface area contributed by atoms with Gasteiger partial charge in [-0.05, 0) is 68.2 Å². The minimum absolute atomic E-state index is 0.0333. The molecule has 7 N–H and O–H groups in total. The van der Waals surface area contributed by atoms with Crippen molar-refractivity contribution >= 4 is 53.0 Å². The largest absolute Gasteiger partial charge is 0.447 e. The van der Waals surface area contributed by atoms with Gasteiger partial charge in [-0.2, -0.15) is 18.3 Å². The second-order valence-corrected chi connectivity index (χ2v) is 16.1. The first kappa shape index (κ1) is 42.8. The first-order chi connectivity index (χ1) is 28.8. The van der Waals surface area contributed by atoms with E-state index >= 15 is 0 Å². The molecule has 1 saturated heterocycles. The van der Waals surface area contributed by atoms with Crippen LogP contribution in [0.4, 0.5) is 34.1 Å². The Morgan fingerprint density at radius 1 is 0.984 bits per heavy atom. The molecule has 1 saturated carbocycles. The smallest absolute Gasteiger partial charge is 0.435 e. The fourth-order valence-electron chi connectivity index (χ4n) is 8.22. The Hall–Kier alpha value is -6.35. The van der Waals surface area contributed by atoms with Gasteiger partial charge in [-0.15, -0.1) is 0 Å². The van der Waals surface area contributed by atoms with Gasteiger partial charge in [-0.25, -0.2) is 14.3 Å². The lowest BCUT2D eigenvalue weighted by Crippen LogP contribution is -2.54. The molecule has 0 radical (unpaired) electrons. The number of nitrogens with two attached hydrogens (primary N) is 1. The minimum Gasteiger partial charge on any atom is -0.447 e. The molecule has 1 aromatic heterocycles. The van der Waals surface area contributed by atoms with Crippen LogP contribution in [0.2, 0.25) is 0 Å². The number of hydrogen-bond donors (Lipinski definition) is 6. The number of ketones is 1. The van der Waals surface area contributed by atoms with E-state index in [1.54, 1.807) is 13.8 Å². The lowest BCUT2D eigenvalue weighted by molar-refractivity contribution is -0.141. The number of benzene rings is 2. The van der Waals surface area contributed by atoms with Crippen molar-refractivity contribution in [2.24, 2.45) is 11.1 Å². The standard InChI is InChI=1S/C40H43F3N8O10/c1-39(2)17-27-31(28(52)18-39)32(40(41,42)43)49-51(27)20-8-11-22(33(44)54)25(16-20)46-19-6-9-21(10-7-19)61-37(58)45-14-15-60-38(59)47-24-5-3-4-23-30(24)36(57)50(35(23)56)26-12-13-29(53)48-34(26)55/h3-5,8,11,16,19,21,26,33,46,54H,6-7,9-10,12-15,17-18,44H2,1-2H3,(H,45,58)(H,47,59)(H,48,53,55)/t19-,21-,26?,33?. The zero-order valence-electron chi connectivity index (χ0n) is 33.0. The van der Waals surface area contributed by atoms with E-state index in [-0.39, 0.29) is 73.1 Å². The topological polar surface area (TPSA) is 253 Å². The highest BCUT2D eigenvalue weighted by Gasteiger charge is 2.47. The van der Waals surface area contributed by atoms with Crippen LogP contribution in [0.5, 0.6) is 0 Å². The molecule has 2 aliphatic heterocycles. The minimum atomic E-state index is -4.85. The maximum atomic E-state index is 14.1. The van der Waals surface area contributed by atoms with Crippen LogP contribution in [0.1, 0.15) is 113 Å². The van der Waals surface area contributed by atoms with E-state index in [1.807, 2.05) is 0 Å². The quantitative estimate of drug-likeness (QED) is 0.0956. The Morgan fingerprint density at radius 2 is 1.72 bits per heavy atom. The third-order valence-corrected chi connectivity index (χ3v) is 11.0. The Labute approximate surface area is 345 Å². The lowest BCUT2D eigenvalue weighted by Gasteiger charge is -2.31. The Balaban J connectivity index is 0.892. The highest BCUT2D eigenvalue weighted by atomic mass is 19.4. The van der Waals surface area contributed by atoms with E-state index in [0.717, 1.165) is 9.58 Å². The van der Waals surface area contributed by atoms with Crippen LogP contribution in [0.15, 0.2) is 36.4 Å². The van der Waals surface area contributed by atoms with E-state index in [4.69, 9.17) is 15.2 Å². The third kappa shape index (κ3) is 8.92. The van der Waals surface area contributed by atoms with Crippen LogP contribution in [-0.4, -0.2) is 92.7 Å². The number of Topliss-reactive ketones (excluding diaryl/α,β-unsaturated/α-hetero) is 1. The number of piperidine rings is 1. The average Bonchev–Trinajstić information content (AvgIpc) is 3.69. The lowest BCUT2D eigenvalue weighted by atomic mass is 9.75. The van der Waals surface area contributed by atoms with Crippen molar-refractivity contribution in [2.75, 3.05) is 23.8 Å². The molecule has 6 amide bonds. The first-order valence-corrected chi connectivity index (χ1v) is 19.6. The summed E-state index contributed by atoms with van der Waals surface area (Å²) in [6, 6.07) is 7.32. The van der Waals surface area contributed by atoms with Gasteiger partial charge in [-0.1, -0.05) is 26.0 Å². The van der Waals surface area contributed by atoms with Crippen molar-refractivity contribution in [3.8, 4) is 5.69 Å². The summed E-state index contributed by atoms with van der Waals surface area (Å²) in [7, 11) is 0. The van der Waals surface area contributed by atoms with E-state index in [2.05, 4.69) is 26.4 Å². The van der Waals surface area contributed by atoms with Crippen LogP contribution in [0.3, 0.4) is 0 Å². The number of carbonyl (C=O) groups excluding carboxylic acids is 7. The third-order valence-electron chi connectivity index (χ3n) is 11.0. The maximum absolute atomic E-state index is 14.1. The molecule has 2 fully saturated rings. The summed E-state index contributed by atoms with van der Waals surface area (Å²) in [6.07, 6.45) is -6.55. The normalized spacial score (nSPS) is 21.6. The van der Waals surface area contributed by atoms with Crippen molar-refractivity contribution in [3.05, 3.63) is 70.0 Å². The van der Waals surface area contributed by atoms with Crippen LogP contribution in [0.25, 0.3) is 5.69 Å². The second kappa shape index (κ2) is 16.6. The number of alkyl carbamates (subject to hydrolysis) is 1. The Bertz CT molecular complexity index is 2320. The number of alkyl halides is 3. The van der Waals surface area contributed by atoms with Gasteiger partial charge in [0.15, 0.2) is 11.5 Å². The van der Waals surface area contributed by atoms with Crippen LogP contribution in [-0.2, 0) is 31.7 Å². The number of rotatable bonds is 10. The number of aliphatic hydroxyl groups is 1. The van der Waals surface area contributed by atoms with E-state index in [0.29, 0.717) is 36.9 Å². The van der Waals surface area contributed by atoms with Crippen molar-refractivity contribution in [3.63, 3.8) is 0 Å². The van der Waals surface area contributed by atoms with Crippen molar-refractivity contribution in [1.82, 2.24) is 25.3 Å². The number of aromatic nitrogens is 2. The van der Waals surface area contributed by atoms with Gasteiger partial charge in [0.05, 0.1) is 40.3 Å². The van der Waals surface area contributed by atoms with Crippen molar-refractivity contribution < 1.29 is 61.3 Å². The SMILES string of the molecule is CC1(C)CC(=O)c2c(C(F)(F)F)nn(-c3ccc(C(N)O)c(N[C@H]4CC[C@H](OC(=O)NCCOC(=O)Nc5cccc6c5C(=O)N(C5CCC(=O)NC5=O)C6=O)CC4)c3)c2C1. The zero-order valence-corrected chi connectivity index (χ0v) is 33.0. The molecule has 2 unspecified atom stereocenters. The molecule has 3 aromatic rings. The molecule has 4 aliphatic rings. The van der Waals surface area contributed by atoms with Gasteiger partial charge >= 0.3 is 18.4 Å². The molecule has 2 aromatic carbocycles. The highest BCUT2D eigenvalue weighted by Crippen LogP contribution is 2.42.